The first-order valence-electron chi connectivity index (χ1n) is 7.68. The number of rotatable bonds is 6. The van der Waals surface area contributed by atoms with Crippen molar-refractivity contribution in [2.24, 2.45) is 0 Å². The predicted octanol–water partition coefficient (Wildman–Crippen LogP) is 0.559. The van der Waals surface area contributed by atoms with Gasteiger partial charge in [0.2, 0.25) is 5.91 Å². The Morgan fingerprint density at radius 3 is 2.92 bits per heavy atom. The average Bonchev–Trinajstić information content (AvgIpc) is 3.13. The summed E-state index contributed by atoms with van der Waals surface area (Å²) in [5.74, 6) is -0.669. The van der Waals surface area contributed by atoms with Gasteiger partial charge in [-0.3, -0.25) is 14.5 Å². The van der Waals surface area contributed by atoms with Gasteiger partial charge in [0.25, 0.3) is 5.91 Å². The Balaban J connectivity index is 1.54. The lowest BCUT2D eigenvalue weighted by Crippen LogP contribution is -2.36. The van der Waals surface area contributed by atoms with Crippen molar-refractivity contribution in [3.63, 3.8) is 0 Å². The molecule has 24 heavy (non-hydrogen) atoms. The molecule has 1 unspecified atom stereocenters. The zero-order chi connectivity index (χ0) is 17.1. The van der Waals surface area contributed by atoms with Crippen LogP contribution in [-0.2, 0) is 16.1 Å². The van der Waals surface area contributed by atoms with E-state index in [2.05, 4.69) is 25.6 Å². The second-order valence-electron chi connectivity index (χ2n) is 5.56. The summed E-state index contributed by atoms with van der Waals surface area (Å²) in [6.45, 7) is 2.52. The Morgan fingerprint density at radius 1 is 1.33 bits per heavy atom. The first kappa shape index (κ1) is 15.9. The minimum atomic E-state index is -0.800. The average molecular weight is 331 g/mol. The van der Waals surface area contributed by atoms with E-state index in [1.54, 1.807) is 18.2 Å². The van der Waals surface area contributed by atoms with Crippen molar-refractivity contribution in [2.45, 2.75) is 32.4 Å². The molecule has 0 bridgehead atoms. The van der Waals surface area contributed by atoms with E-state index < -0.39 is 12.1 Å². The molecule has 126 valence electrons. The molecule has 0 saturated carbocycles. The van der Waals surface area contributed by atoms with Crippen molar-refractivity contribution in [1.29, 1.82) is 0 Å². The quantitative estimate of drug-likeness (QED) is 0.747. The molecule has 2 N–H and O–H groups in total. The number of nitrogens with one attached hydrogen (secondary N) is 2. The number of benzene rings is 1. The molecule has 1 atom stereocenters. The van der Waals surface area contributed by atoms with Crippen LogP contribution in [0.5, 0.6) is 0 Å². The summed E-state index contributed by atoms with van der Waals surface area (Å²) < 4.78 is 4.62. The van der Waals surface area contributed by atoms with E-state index in [4.69, 9.17) is 0 Å². The van der Waals surface area contributed by atoms with Crippen molar-refractivity contribution in [2.75, 3.05) is 6.54 Å². The summed E-state index contributed by atoms with van der Waals surface area (Å²) in [6.07, 6.45) is 0.593. The molecule has 9 heteroatoms. The van der Waals surface area contributed by atoms with Crippen molar-refractivity contribution in [1.82, 2.24) is 25.8 Å². The van der Waals surface area contributed by atoms with Crippen LogP contribution in [0.2, 0.25) is 0 Å². The summed E-state index contributed by atoms with van der Waals surface area (Å²) >= 11 is 0. The molecule has 0 aliphatic carbocycles. The molecule has 1 aromatic heterocycles. The van der Waals surface area contributed by atoms with Gasteiger partial charge in [-0.1, -0.05) is 13.0 Å². The lowest BCUT2D eigenvalue weighted by Gasteiger charge is -2.11. The first-order valence-corrected chi connectivity index (χ1v) is 7.68. The number of hydrogen-bond donors (Lipinski definition) is 2. The van der Waals surface area contributed by atoms with Crippen molar-refractivity contribution >= 4 is 28.9 Å². The van der Waals surface area contributed by atoms with E-state index in [9.17, 15) is 14.4 Å². The molecule has 0 spiro atoms. The molecule has 1 aromatic carbocycles. The Hall–Kier alpha value is -2.97. The van der Waals surface area contributed by atoms with Gasteiger partial charge in [0.1, 0.15) is 17.1 Å². The van der Waals surface area contributed by atoms with Crippen LogP contribution in [0.25, 0.3) is 11.0 Å². The fraction of sp³-hybridized carbons (Fsp3) is 0.400. The minimum Gasteiger partial charge on any atom is -0.352 e. The smallest absolute Gasteiger partial charge is 0.324 e. The van der Waals surface area contributed by atoms with Gasteiger partial charge in [-0.15, -0.1) is 0 Å². The third kappa shape index (κ3) is 3.19. The van der Waals surface area contributed by atoms with E-state index in [1.165, 1.54) is 0 Å². The van der Waals surface area contributed by atoms with Gasteiger partial charge in [0.15, 0.2) is 0 Å². The highest BCUT2D eigenvalue weighted by atomic mass is 16.6. The fourth-order valence-electron chi connectivity index (χ4n) is 2.55. The van der Waals surface area contributed by atoms with E-state index >= 15 is 0 Å². The van der Waals surface area contributed by atoms with Gasteiger partial charge < -0.3 is 10.6 Å². The SMILES string of the molecule is CCCN1C(=O)NC(CC(=O)NCc2ccc3nonc3c2)C1=O. The van der Waals surface area contributed by atoms with Crippen LogP contribution < -0.4 is 10.6 Å². The second kappa shape index (κ2) is 6.65. The molecular weight excluding hydrogens is 314 g/mol. The summed E-state index contributed by atoms with van der Waals surface area (Å²) in [5, 5.41) is 12.7. The number of fused-ring (bicyclic) bond motifs is 1. The van der Waals surface area contributed by atoms with Crippen LogP contribution in [0.1, 0.15) is 25.3 Å². The molecule has 1 aliphatic rings. The van der Waals surface area contributed by atoms with E-state index in [0.29, 0.717) is 24.0 Å². The maximum atomic E-state index is 12.1. The lowest BCUT2D eigenvalue weighted by atomic mass is 10.1. The summed E-state index contributed by atoms with van der Waals surface area (Å²) in [4.78, 5) is 36.9. The van der Waals surface area contributed by atoms with Gasteiger partial charge in [-0.25, -0.2) is 9.42 Å². The number of carbonyl (C=O) groups is 3. The zero-order valence-corrected chi connectivity index (χ0v) is 13.1. The molecule has 2 aromatic rings. The van der Waals surface area contributed by atoms with Crippen molar-refractivity contribution < 1.29 is 19.0 Å². The number of aromatic nitrogens is 2. The highest BCUT2D eigenvalue weighted by Crippen LogP contribution is 2.12. The molecule has 1 fully saturated rings. The van der Waals surface area contributed by atoms with Crippen molar-refractivity contribution in [3.8, 4) is 0 Å². The van der Waals surface area contributed by atoms with Crippen LogP contribution in [0.15, 0.2) is 22.8 Å². The molecule has 2 heterocycles. The zero-order valence-electron chi connectivity index (χ0n) is 13.1. The van der Waals surface area contributed by atoms with Crippen LogP contribution in [-0.4, -0.2) is 45.6 Å². The van der Waals surface area contributed by atoms with Gasteiger partial charge in [-0.2, -0.15) is 0 Å². The molecule has 3 rings (SSSR count). The maximum absolute atomic E-state index is 12.1. The van der Waals surface area contributed by atoms with E-state index in [1.807, 2.05) is 6.92 Å². The summed E-state index contributed by atoms with van der Waals surface area (Å²) in [5.41, 5.74) is 2.08. The lowest BCUT2D eigenvalue weighted by molar-refractivity contribution is -0.130. The van der Waals surface area contributed by atoms with Gasteiger partial charge in [0, 0.05) is 13.1 Å². The number of imide groups is 1. The maximum Gasteiger partial charge on any atom is 0.324 e. The van der Waals surface area contributed by atoms with Crippen LogP contribution in [0, 0.1) is 0 Å². The number of carbonyl (C=O) groups excluding carboxylic acids is 3. The fourth-order valence-corrected chi connectivity index (χ4v) is 2.55. The van der Waals surface area contributed by atoms with Crippen LogP contribution >= 0.6 is 0 Å². The van der Waals surface area contributed by atoms with Gasteiger partial charge in [0.05, 0.1) is 6.42 Å². The Bertz CT molecular complexity index is 787. The number of amides is 4. The summed E-state index contributed by atoms with van der Waals surface area (Å²) in [7, 11) is 0. The van der Waals surface area contributed by atoms with Gasteiger partial charge >= 0.3 is 6.03 Å². The first-order chi connectivity index (χ1) is 11.6. The minimum absolute atomic E-state index is 0.0848. The Labute approximate surface area is 137 Å². The normalized spacial score (nSPS) is 17.4. The summed E-state index contributed by atoms with van der Waals surface area (Å²) in [6, 6.07) is 4.07. The predicted molar refractivity (Wildman–Crippen MR) is 82.6 cm³/mol. The monoisotopic (exact) mass is 331 g/mol. The number of nitrogens with zero attached hydrogens (tertiary/aromatic N) is 3. The van der Waals surface area contributed by atoms with E-state index in [-0.39, 0.29) is 24.8 Å². The molecule has 1 aliphatic heterocycles. The standard InChI is InChI=1S/C15H17N5O4/c1-2-5-20-14(22)12(17-15(20)23)7-13(21)16-8-9-3-4-10-11(6-9)19-24-18-10/h3-4,6,12H,2,5,7-8H2,1H3,(H,16,21)(H,17,23). The highest BCUT2D eigenvalue weighted by Gasteiger charge is 2.38. The largest absolute Gasteiger partial charge is 0.352 e. The van der Waals surface area contributed by atoms with E-state index in [0.717, 1.165) is 10.5 Å². The Morgan fingerprint density at radius 2 is 2.12 bits per heavy atom. The van der Waals surface area contributed by atoms with Crippen molar-refractivity contribution in [3.05, 3.63) is 23.8 Å². The topological polar surface area (TPSA) is 117 Å². The van der Waals surface area contributed by atoms with Gasteiger partial charge in [-0.05, 0) is 34.4 Å². The highest BCUT2D eigenvalue weighted by molar-refractivity contribution is 6.05. The third-order valence-electron chi connectivity index (χ3n) is 3.75. The second-order valence-corrected chi connectivity index (χ2v) is 5.56. The molecule has 4 amide bonds. The van der Waals surface area contributed by atoms with Crippen LogP contribution in [0.3, 0.4) is 0 Å². The molecular formula is C15H17N5O4. The number of hydrogen-bond acceptors (Lipinski definition) is 6. The molecule has 9 nitrogen and oxygen atoms in total. The Kier molecular flexibility index (Phi) is 4.41. The molecule has 1 saturated heterocycles. The van der Waals surface area contributed by atoms with Crippen LogP contribution in [0.4, 0.5) is 4.79 Å². The third-order valence-corrected chi connectivity index (χ3v) is 3.75. The number of urea groups is 1. The molecule has 0 radical (unpaired) electrons.